The number of hydrogen-bond acceptors (Lipinski definition) is 0. The van der Waals surface area contributed by atoms with Gasteiger partial charge in [-0.2, -0.15) is 0 Å². The summed E-state index contributed by atoms with van der Waals surface area (Å²) in [7, 11) is 0. The molecule has 0 amide bonds. The maximum absolute atomic E-state index is 3.62. The fourth-order valence-corrected chi connectivity index (χ4v) is 1.17. The first kappa shape index (κ1) is 10.3. The molecule has 0 aliphatic rings. The lowest BCUT2D eigenvalue weighted by atomic mass is 10.0. The maximum atomic E-state index is 3.62. The van der Waals surface area contributed by atoms with Crippen LogP contribution in [0.15, 0.2) is 48.9 Å². The van der Waals surface area contributed by atoms with Crippen molar-refractivity contribution in [3.05, 3.63) is 60.0 Å². The number of hydrogen-bond donors (Lipinski definition) is 0. The van der Waals surface area contributed by atoms with Gasteiger partial charge in [0.25, 0.3) is 0 Å². The summed E-state index contributed by atoms with van der Waals surface area (Å²) in [4.78, 5) is 0. The molecule has 1 aromatic rings. The van der Waals surface area contributed by atoms with Crippen molar-refractivity contribution >= 4 is 11.1 Å². The monoisotopic (exact) mass is 182 g/mol. The van der Waals surface area contributed by atoms with Gasteiger partial charge in [-0.3, -0.25) is 0 Å². The minimum Gasteiger partial charge on any atom is -0.125 e. The van der Waals surface area contributed by atoms with Crippen LogP contribution >= 0.6 is 0 Å². The second kappa shape index (κ2) is 4.48. The van der Waals surface area contributed by atoms with Gasteiger partial charge >= 0.3 is 0 Å². The summed E-state index contributed by atoms with van der Waals surface area (Å²) in [6.07, 6.45) is 0. The molecule has 14 heavy (non-hydrogen) atoms. The number of rotatable bonds is 2. The lowest BCUT2D eigenvalue weighted by Crippen LogP contribution is -1.81. The molecule has 0 bridgehead atoms. The van der Waals surface area contributed by atoms with Gasteiger partial charge in [0.05, 0.1) is 0 Å². The summed E-state index contributed by atoms with van der Waals surface area (Å²) >= 11 is 0. The molecule has 0 atom stereocenters. The Labute approximate surface area is 85.6 Å². The highest BCUT2D eigenvalue weighted by Crippen LogP contribution is 2.17. The fraction of sp³-hybridized carbons (Fsp3) is 0.143. The normalized spacial score (nSPS) is 8.71. The molecule has 0 unspecified atom stereocenters. The average Bonchev–Trinajstić information content (AvgIpc) is 2.27. The summed E-state index contributed by atoms with van der Waals surface area (Å²) in [6.45, 7) is 11.2. The van der Waals surface area contributed by atoms with E-state index < -0.39 is 0 Å². The van der Waals surface area contributed by atoms with Crippen LogP contribution in [0.1, 0.15) is 25.0 Å². The van der Waals surface area contributed by atoms with Crippen LogP contribution in [-0.2, 0) is 0 Å². The molecule has 0 aliphatic carbocycles. The molecule has 0 heteroatoms. The summed E-state index contributed by atoms with van der Waals surface area (Å²) in [5.41, 5.74) is 10.2. The van der Waals surface area contributed by atoms with Crippen LogP contribution < -0.4 is 0 Å². The molecule has 0 spiro atoms. The zero-order valence-electron chi connectivity index (χ0n) is 8.72. The van der Waals surface area contributed by atoms with E-state index in [9.17, 15) is 0 Å². The second-order valence-electron chi connectivity index (χ2n) is 3.18. The molecule has 0 heterocycles. The highest BCUT2D eigenvalue weighted by atomic mass is 14.0. The van der Waals surface area contributed by atoms with E-state index in [4.69, 9.17) is 0 Å². The van der Waals surface area contributed by atoms with Crippen LogP contribution in [0.5, 0.6) is 0 Å². The van der Waals surface area contributed by atoms with E-state index >= 15 is 0 Å². The van der Waals surface area contributed by atoms with E-state index in [2.05, 4.69) is 48.9 Å². The highest BCUT2D eigenvalue weighted by Gasteiger charge is 1.96. The van der Waals surface area contributed by atoms with Crippen LogP contribution in [0.2, 0.25) is 0 Å². The molecule has 1 aromatic carbocycles. The van der Waals surface area contributed by atoms with Crippen molar-refractivity contribution in [2.75, 3.05) is 0 Å². The van der Waals surface area contributed by atoms with Crippen molar-refractivity contribution in [3.8, 4) is 0 Å². The van der Waals surface area contributed by atoms with Crippen molar-refractivity contribution in [3.63, 3.8) is 0 Å². The SMILES string of the molecule is C=C=C(C)c1ccc(C(C)=C=C)cc1. The predicted molar refractivity (Wildman–Crippen MR) is 62.9 cm³/mol. The van der Waals surface area contributed by atoms with Crippen LogP contribution in [0, 0.1) is 0 Å². The Hall–Kier alpha value is -1.74. The first-order valence-corrected chi connectivity index (χ1v) is 4.53. The Balaban J connectivity index is 3.13. The molecule has 0 N–H and O–H groups in total. The molecule has 1 rings (SSSR count). The molecule has 0 radical (unpaired) electrons. The van der Waals surface area contributed by atoms with E-state index in [1.807, 2.05) is 13.8 Å². The van der Waals surface area contributed by atoms with Gasteiger partial charge in [0.1, 0.15) is 0 Å². The van der Waals surface area contributed by atoms with Crippen molar-refractivity contribution in [2.24, 2.45) is 0 Å². The Bertz CT molecular complexity index is 377. The molecular weight excluding hydrogens is 168 g/mol. The second-order valence-corrected chi connectivity index (χ2v) is 3.18. The molecule has 0 aromatic heterocycles. The van der Waals surface area contributed by atoms with Crippen molar-refractivity contribution < 1.29 is 0 Å². The highest BCUT2D eigenvalue weighted by molar-refractivity contribution is 5.68. The van der Waals surface area contributed by atoms with Gasteiger partial charge in [-0.05, 0) is 36.1 Å². The lowest BCUT2D eigenvalue weighted by molar-refractivity contribution is 1.52. The minimum atomic E-state index is 1.07. The Kier molecular flexibility index (Phi) is 3.31. The summed E-state index contributed by atoms with van der Waals surface area (Å²) in [5.74, 6) is 0. The molecule has 0 nitrogen and oxygen atoms in total. The van der Waals surface area contributed by atoms with E-state index in [0.29, 0.717) is 0 Å². The molecule has 70 valence electrons. The fourth-order valence-electron chi connectivity index (χ4n) is 1.17. The van der Waals surface area contributed by atoms with Crippen LogP contribution in [0.3, 0.4) is 0 Å². The smallest absolute Gasteiger partial charge is 0.00252 e. The minimum absolute atomic E-state index is 1.07. The topological polar surface area (TPSA) is 0 Å². The molecular formula is C14H14. The molecule has 0 saturated heterocycles. The van der Waals surface area contributed by atoms with Gasteiger partial charge in [-0.15, -0.1) is 11.5 Å². The zero-order chi connectivity index (χ0) is 10.6. The average molecular weight is 182 g/mol. The van der Waals surface area contributed by atoms with Gasteiger partial charge in [-0.1, -0.05) is 37.4 Å². The van der Waals surface area contributed by atoms with Crippen LogP contribution in [0.4, 0.5) is 0 Å². The summed E-state index contributed by atoms with van der Waals surface area (Å²) < 4.78 is 0. The first-order chi connectivity index (χ1) is 6.69. The Morgan fingerprint density at radius 1 is 0.857 bits per heavy atom. The number of allylic oxidation sites excluding steroid dienone is 2. The van der Waals surface area contributed by atoms with Gasteiger partial charge in [-0.25, -0.2) is 0 Å². The summed E-state index contributed by atoms with van der Waals surface area (Å²) in [5, 5.41) is 0. The van der Waals surface area contributed by atoms with Gasteiger partial charge < -0.3 is 0 Å². The van der Waals surface area contributed by atoms with Crippen molar-refractivity contribution in [1.29, 1.82) is 0 Å². The van der Waals surface area contributed by atoms with Crippen molar-refractivity contribution in [1.82, 2.24) is 0 Å². The third-order valence-corrected chi connectivity index (χ3v) is 2.28. The third kappa shape index (κ3) is 2.14. The van der Waals surface area contributed by atoms with E-state index in [1.165, 1.54) is 0 Å². The lowest BCUT2D eigenvalue weighted by Gasteiger charge is -2.01. The first-order valence-electron chi connectivity index (χ1n) is 4.53. The quantitative estimate of drug-likeness (QED) is 0.605. The van der Waals surface area contributed by atoms with E-state index in [0.717, 1.165) is 22.3 Å². The maximum Gasteiger partial charge on any atom is -0.00252 e. The largest absolute Gasteiger partial charge is 0.125 e. The standard InChI is InChI=1S/C14H14/c1-5-11(3)13-7-9-14(10-8-13)12(4)6-2/h7-10H,1-2H2,3-4H3. The Morgan fingerprint density at radius 2 is 1.14 bits per heavy atom. The molecule has 0 fully saturated rings. The molecule has 0 aliphatic heterocycles. The zero-order valence-corrected chi connectivity index (χ0v) is 8.72. The predicted octanol–water partition coefficient (Wildman–Crippen LogP) is 4.06. The van der Waals surface area contributed by atoms with Crippen LogP contribution in [0.25, 0.3) is 11.1 Å². The Morgan fingerprint density at radius 3 is 1.36 bits per heavy atom. The van der Waals surface area contributed by atoms with Gasteiger partial charge in [0, 0.05) is 0 Å². The van der Waals surface area contributed by atoms with E-state index in [1.54, 1.807) is 0 Å². The van der Waals surface area contributed by atoms with Crippen LogP contribution in [-0.4, -0.2) is 0 Å². The molecule has 0 saturated carbocycles. The van der Waals surface area contributed by atoms with Gasteiger partial charge in [0.15, 0.2) is 0 Å². The van der Waals surface area contributed by atoms with Crippen molar-refractivity contribution in [2.45, 2.75) is 13.8 Å². The third-order valence-electron chi connectivity index (χ3n) is 2.28. The van der Waals surface area contributed by atoms with E-state index in [-0.39, 0.29) is 0 Å². The van der Waals surface area contributed by atoms with Gasteiger partial charge in [0.2, 0.25) is 0 Å². The summed E-state index contributed by atoms with van der Waals surface area (Å²) in [6, 6.07) is 8.24. The number of benzene rings is 1.